The molecule has 1 heterocycles. The van der Waals surface area contributed by atoms with Crippen molar-refractivity contribution in [2.45, 2.75) is 32.2 Å². The summed E-state index contributed by atoms with van der Waals surface area (Å²) in [6.07, 6.45) is 4.96. The Morgan fingerprint density at radius 2 is 1.76 bits per heavy atom. The van der Waals surface area contributed by atoms with Gasteiger partial charge in [-0.15, -0.1) is 0 Å². The summed E-state index contributed by atoms with van der Waals surface area (Å²) < 4.78 is 10.8. The summed E-state index contributed by atoms with van der Waals surface area (Å²) in [5, 5.41) is 3.20. The van der Waals surface area contributed by atoms with Gasteiger partial charge in [0, 0.05) is 13.1 Å². The normalized spacial score (nSPS) is 14.8. The molecule has 2 rings (SSSR count). The van der Waals surface area contributed by atoms with Crippen LogP contribution >= 0.6 is 0 Å². The Bertz CT molecular complexity index is 449. The van der Waals surface area contributed by atoms with Crippen LogP contribution in [-0.2, 0) is 13.0 Å². The van der Waals surface area contributed by atoms with Gasteiger partial charge in [-0.2, -0.15) is 0 Å². The second-order valence-electron chi connectivity index (χ2n) is 5.67. The second-order valence-corrected chi connectivity index (χ2v) is 5.67. The number of nitrogens with one attached hydrogen (secondary N) is 1. The molecular formula is C17H28N2O2. The van der Waals surface area contributed by atoms with E-state index in [0.29, 0.717) is 0 Å². The van der Waals surface area contributed by atoms with E-state index >= 15 is 0 Å². The molecule has 1 aromatic rings. The quantitative estimate of drug-likeness (QED) is 0.746. The minimum Gasteiger partial charge on any atom is -0.493 e. The first-order chi connectivity index (χ1) is 10.3. The third kappa shape index (κ3) is 4.35. The second kappa shape index (κ2) is 8.25. The fraction of sp³-hybridized carbons (Fsp3) is 0.647. The van der Waals surface area contributed by atoms with Crippen LogP contribution in [0.15, 0.2) is 12.1 Å². The lowest BCUT2D eigenvalue weighted by atomic mass is 9.98. The fourth-order valence-corrected chi connectivity index (χ4v) is 2.95. The molecule has 0 amide bonds. The number of hydrogen-bond acceptors (Lipinski definition) is 4. The van der Waals surface area contributed by atoms with Crippen molar-refractivity contribution in [3.63, 3.8) is 0 Å². The zero-order valence-corrected chi connectivity index (χ0v) is 13.6. The zero-order chi connectivity index (χ0) is 15.1. The van der Waals surface area contributed by atoms with E-state index in [1.165, 1.54) is 36.9 Å². The lowest BCUT2D eigenvalue weighted by molar-refractivity contribution is 0.247. The van der Waals surface area contributed by atoms with Crippen molar-refractivity contribution < 1.29 is 9.47 Å². The molecular weight excluding hydrogens is 264 g/mol. The Balaban J connectivity index is 1.90. The molecule has 21 heavy (non-hydrogen) atoms. The predicted molar refractivity (Wildman–Crippen MR) is 86.3 cm³/mol. The van der Waals surface area contributed by atoms with Crippen molar-refractivity contribution in [3.05, 3.63) is 23.3 Å². The van der Waals surface area contributed by atoms with Crippen molar-refractivity contribution in [1.82, 2.24) is 10.2 Å². The molecule has 0 bridgehead atoms. The largest absolute Gasteiger partial charge is 0.493 e. The molecule has 0 unspecified atom stereocenters. The number of benzene rings is 1. The van der Waals surface area contributed by atoms with Gasteiger partial charge < -0.3 is 14.8 Å². The van der Waals surface area contributed by atoms with Gasteiger partial charge in [-0.3, -0.25) is 4.90 Å². The molecule has 0 atom stereocenters. The highest BCUT2D eigenvalue weighted by molar-refractivity contribution is 5.48. The summed E-state index contributed by atoms with van der Waals surface area (Å²) in [7, 11) is 5.42. The Morgan fingerprint density at radius 1 is 1.05 bits per heavy atom. The van der Waals surface area contributed by atoms with Gasteiger partial charge in [0.1, 0.15) is 0 Å². The lowest BCUT2D eigenvalue weighted by Gasteiger charge is -2.29. The van der Waals surface area contributed by atoms with E-state index in [1.807, 2.05) is 7.05 Å². The molecule has 1 N–H and O–H groups in total. The van der Waals surface area contributed by atoms with E-state index in [2.05, 4.69) is 22.3 Å². The first-order valence-corrected chi connectivity index (χ1v) is 7.89. The molecule has 0 aliphatic carbocycles. The Labute approximate surface area is 128 Å². The summed E-state index contributed by atoms with van der Waals surface area (Å²) >= 11 is 0. The molecule has 0 spiro atoms. The maximum absolute atomic E-state index is 5.41. The molecule has 0 radical (unpaired) electrons. The molecule has 4 heteroatoms. The average Bonchev–Trinajstić information content (AvgIpc) is 2.53. The van der Waals surface area contributed by atoms with Crippen LogP contribution in [0.3, 0.4) is 0 Å². The van der Waals surface area contributed by atoms with Crippen LogP contribution in [0.4, 0.5) is 0 Å². The third-order valence-electron chi connectivity index (χ3n) is 4.20. The standard InChI is InChI=1S/C17H28N2O2/c1-18-8-5-4-6-9-19-10-7-14-11-16(20-2)17(21-3)12-15(14)13-19/h11-12,18H,4-10,13H2,1-3H3. The summed E-state index contributed by atoms with van der Waals surface area (Å²) in [5.41, 5.74) is 2.79. The predicted octanol–water partition coefficient (Wildman–Crippen LogP) is 2.45. The lowest BCUT2D eigenvalue weighted by Crippen LogP contribution is -2.31. The van der Waals surface area contributed by atoms with Crippen LogP contribution in [0, 0.1) is 0 Å². The van der Waals surface area contributed by atoms with Crippen molar-refractivity contribution in [3.8, 4) is 11.5 Å². The molecule has 1 aromatic carbocycles. The summed E-state index contributed by atoms with van der Waals surface area (Å²) in [6.45, 7) is 4.49. The van der Waals surface area contributed by atoms with Crippen molar-refractivity contribution in [1.29, 1.82) is 0 Å². The van der Waals surface area contributed by atoms with Gasteiger partial charge in [-0.25, -0.2) is 0 Å². The molecule has 0 aromatic heterocycles. The molecule has 1 aliphatic rings. The monoisotopic (exact) mass is 292 g/mol. The highest BCUT2D eigenvalue weighted by Gasteiger charge is 2.18. The topological polar surface area (TPSA) is 33.7 Å². The first kappa shape index (κ1) is 16.1. The van der Waals surface area contributed by atoms with Gasteiger partial charge in [-0.05, 0) is 62.7 Å². The van der Waals surface area contributed by atoms with Crippen LogP contribution in [0.1, 0.15) is 30.4 Å². The summed E-state index contributed by atoms with van der Waals surface area (Å²) in [4.78, 5) is 2.55. The Hall–Kier alpha value is -1.26. The molecule has 0 saturated carbocycles. The van der Waals surface area contributed by atoms with Gasteiger partial charge in [0.05, 0.1) is 14.2 Å². The fourth-order valence-electron chi connectivity index (χ4n) is 2.95. The third-order valence-corrected chi connectivity index (χ3v) is 4.20. The van der Waals surface area contributed by atoms with Gasteiger partial charge in [0.15, 0.2) is 11.5 Å². The summed E-state index contributed by atoms with van der Waals surface area (Å²) in [5.74, 6) is 1.68. The Kier molecular flexibility index (Phi) is 6.33. The van der Waals surface area contributed by atoms with E-state index in [1.54, 1.807) is 14.2 Å². The van der Waals surface area contributed by atoms with E-state index < -0.39 is 0 Å². The van der Waals surface area contributed by atoms with Gasteiger partial charge in [0.2, 0.25) is 0 Å². The van der Waals surface area contributed by atoms with Gasteiger partial charge >= 0.3 is 0 Å². The minimum atomic E-state index is 0.840. The molecule has 0 saturated heterocycles. The average molecular weight is 292 g/mol. The van der Waals surface area contributed by atoms with Gasteiger partial charge in [-0.1, -0.05) is 6.42 Å². The number of ether oxygens (including phenoxy) is 2. The van der Waals surface area contributed by atoms with Crippen LogP contribution in [0.25, 0.3) is 0 Å². The maximum atomic E-state index is 5.41. The number of unbranched alkanes of at least 4 members (excludes halogenated alkanes) is 2. The van der Waals surface area contributed by atoms with Crippen LogP contribution in [0.2, 0.25) is 0 Å². The minimum absolute atomic E-state index is 0.840. The van der Waals surface area contributed by atoms with Gasteiger partial charge in [0.25, 0.3) is 0 Å². The molecule has 118 valence electrons. The highest BCUT2D eigenvalue weighted by Crippen LogP contribution is 2.33. The SMILES string of the molecule is CNCCCCCN1CCc2cc(OC)c(OC)cc2C1. The van der Waals surface area contributed by atoms with E-state index in [-0.39, 0.29) is 0 Å². The molecule has 0 fully saturated rings. The van der Waals surface area contributed by atoms with Crippen molar-refractivity contribution in [2.24, 2.45) is 0 Å². The van der Waals surface area contributed by atoms with Crippen LogP contribution in [0.5, 0.6) is 11.5 Å². The smallest absolute Gasteiger partial charge is 0.161 e. The van der Waals surface area contributed by atoms with Crippen molar-refractivity contribution >= 4 is 0 Å². The Morgan fingerprint density at radius 3 is 2.43 bits per heavy atom. The number of methoxy groups -OCH3 is 2. The highest BCUT2D eigenvalue weighted by atomic mass is 16.5. The van der Waals surface area contributed by atoms with E-state index in [4.69, 9.17) is 9.47 Å². The molecule has 4 nitrogen and oxygen atoms in total. The van der Waals surface area contributed by atoms with E-state index in [9.17, 15) is 0 Å². The van der Waals surface area contributed by atoms with Crippen LogP contribution in [-0.4, -0.2) is 45.8 Å². The summed E-state index contributed by atoms with van der Waals surface area (Å²) in [6, 6.07) is 4.28. The van der Waals surface area contributed by atoms with E-state index in [0.717, 1.165) is 37.6 Å². The first-order valence-electron chi connectivity index (χ1n) is 7.89. The zero-order valence-electron chi connectivity index (χ0n) is 13.6. The van der Waals surface area contributed by atoms with Crippen LogP contribution < -0.4 is 14.8 Å². The van der Waals surface area contributed by atoms with Crippen molar-refractivity contribution in [2.75, 3.05) is 40.9 Å². The maximum Gasteiger partial charge on any atom is 0.161 e. The number of hydrogen-bond donors (Lipinski definition) is 1. The number of fused-ring (bicyclic) bond motifs is 1. The number of nitrogens with zero attached hydrogens (tertiary/aromatic N) is 1. The molecule has 1 aliphatic heterocycles. The number of rotatable bonds is 8.